The Morgan fingerprint density at radius 1 is 0.391 bits per heavy atom. The lowest BCUT2D eigenvalue weighted by Crippen LogP contribution is -2.63. The summed E-state index contributed by atoms with van der Waals surface area (Å²) >= 11 is 2.41. The zero-order valence-electron chi connectivity index (χ0n) is 48.0. The second-order valence-corrected chi connectivity index (χ2v) is 22.6. The number of hydrogen-bond donors (Lipinski definition) is 14. The van der Waals surface area contributed by atoms with Gasteiger partial charge in [-0.3, -0.25) is 0 Å². The van der Waals surface area contributed by atoms with Crippen LogP contribution in [0.2, 0.25) is 0 Å². The molecule has 0 spiro atoms. The third-order valence-corrected chi connectivity index (χ3v) is 16.0. The second kappa shape index (κ2) is 40.7. The minimum absolute atomic E-state index is 0.0293. The largest absolute Gasteiger partial charge is 0.394 e. The summed E-state index contributed by atoms with van der Waals surface area (Å²) in [4.78, 5) is 0. The molecule has 504 valence electrons. The van der Waals surface area contributed by atoms with Gasteiger partial charge >= 0.3 is 0 Å². The van der Waals surface area contributed by atoms with Crippen LogP contribution >= 0.6 is 23.5 Å². The summed E-state index contributed by atoms with van der Waals surface area (Å²) < 4.78 is 86.5. The molecule has 4 saturated heterocycles. The average molecular weight is 1300 g/mol. The minimum atomic E-state index is -1.84. The van der Waals surface area contributed by atoms with Gasteiger partial charge in [0.05, 0.1) is 177 Å². The highest BCUT2D eigenvalue weighted by Gasteiger charge is 2.51. The predicted octanol–water partition coefficient (Wildman–Crippen LogP) is -8.57. The Kier molecular flexibility index (Phi) is 34.6. The van der Waals surface area contributed by atoms with Gasteiger partial charge in [0, 0.05) is 11.5 Å². The van der Waals surface area contributed by atoms with Crippen LogP contribution in [0.1, 0.15) is 11.4 Å². The maximum atomic E-state index is 10.9. The quantitative estimate of drug-likeness (QED) is 0.0274. The van der Waals surface area contributed by atoms with Gasteiger partial charge in [-0.1, -0.05) is 10.4 Å². The molecular formula is C50H88N6O29S2. The van der Waals surface area contributed by atoms with Gasteiger partial charge in [-0.2, -0.15) is 0 Å². The van der Waals surface area contributed by atoms with Crippen LogP contribution in [-0.4, -0.2) is 366 Å². The Hall–Kier alpha value is -2.18. The van der Waals surface area contributed by atoms with Crippen LogP contribution in [0.25, 0.3) is 0 Å². The lowest BCUT2D eigenvalue weighted by Gasteiger charge is -2.45. The molecule has 4 fully saturated rings. The molecule has 0 aliphatic carbocycles. The van der Waals surface area contributed by atoms with Crippen LogP contribution in [0.5, 0.6) is 0 Å². The normalized spacial score (nSPS) is 33.2. The van der Waals surface area contributed by atoms with Gasteiger partial charge < -0.3 is 143 Å². The summed E-state index contributed by atoms with van der Waals surface area (Å²) in [6.45, 7) is 4.21. The van der Waals surface area contributed by atoms with Gasteiger partial charge in [-0.05, 0) is 0 Å². The van der Waals surface area contributed by atoms with E-state index in [2.05, 4.69) is 20.6 Å². The Bertz CT molecular complexity index is 2110. The topological polar surface area (TPSA) is 483 Å². The van der Waals surface area contributed by atoms with E-state index >= 15 is 0 Å². The Balaban J connectivity index is 0.763. The highest BCUT2D eigenvalue weighted by atomic mass is 32.2. The van der Waals surface area contributed by atoms with Gasteiger partial charge in [0.1, 0.15) is 114 Å². The predicted molar refractivity (Wildman–Crippen MR) is 293 cm³/mol. The molecule has 2 aromatic heterocycles. The van der Waals surface area contributed by atoms with E-state index in [1.165, 1.54) is 45.3 Å². The fourth-order valence-corrected chi connectivity index (χ4v) is 10.9. The van der Waals surface area contributed by atoms with Crippen LogP contribution in [0.4, 0.5) is 0 Å². The highest BCUT2D eigenvalue weighted by molar-refractivity contribution is 8.00. The molecule has 0 bridgehead atoms. The molecule has 0 radical (unpaired) electrons. The van der Waals surface area contributed by atoms with Crippen molar-refractivity contribution in [3.63, 3.8) is 0 Å². The number of nitrogens with zero attached hydrogens (tertiary/aromatic N) is 6. The second-order valence-electron chi connectivity index (χ2n) is 20.1. The third-order valence-electron chi connectivity index (χ3n) is 13.8. The molecule has 4 aliphatic rings. The minimum Gasteiger partial charge on any atom is -0.394 e. The van der Waals surface area contributed by atoms with E-state index in [0.29, 0.717) is 115 Å². The summed E-state index contributed by atoms with van der Waals surface area (Å²) in [7, 11) is 0. The van der Waals surface area contributed by atoms with E-state index in [4.69, 9.17) is 71.1 Å². The zero-order chi connectivity index (χ0) is 62.5. The van der Waals surface area contributed by atoms with Gasteiger partial charge in [-0.15, -0.1) is 33.7 Å². The van der Waals surface area contributed by atoms with Gasteiger partial charge in [0.15, 0.2) is 12.6 Å². The molecule has 6 rings (SSSR count). The molecule has 14 N–H and O–H groups in total. The molecular weight excluding hydrogens is 1210 g/mol. The zero-order valence-corrected chi connectivity index (χ0v) is 49.6. The van der Waals surface area contributed by atoms with Gasteiger partial charge in [-0.25, -0.2) is 9.36 Å². The molecule has 37 heteroatoms. The number of aliphatic hydroxyl groups is 14. The molecule has 4 aliphatic heterocycles. The molecule has 0 amide bonds. The lowest BCUT2D eigenvalue weighted by atomic mass is 9.97. The molecule has 0 saturated carbocycles. The van der Waals surface area contributed by atoms with Gasteiger partial charge in [0.25, 0.3) is 0 Å². The Labute approximate surface area is 509 Å². The third kappa shape index (κ3) is 24.0. The summed E-state index contributed by atoms with van der Waals surface area (Å²) in [5, 5.41) is 159. The Morgan fingerprint density at radius 2 is 0.759 bits per heavy atom. The summed E-state index contributed by atoms with van der Waals surface area (Å²) in [6.07, 6.45) is -23.6. The number of hydrogen-bond acceptors (Lipinski definition) is 35. The Morgan fingerprint density at radius 3 is 1.18 bits per heavy atom. The molecule has 6 heterocycles. The molecule has 35 nitrogen and oxygen atoms in total. The first-order valence-corrected chi connectivity index (χ1v) is 30.7. The van der Waals surface area contributed by atoms with Crippen molar-refractivity contribution in [2.24, 2.45) is 0 Å². The first kappa shape index (κ1) is 73.9. The number of aliphatic hydroxyl groups excluding tert-OH is 14. The van der Waals surface area contributed by atoms with Crippen molar-refractivity contribution >= 4 is 23.5 Å². The van der Waals surface area contributed by atoms with Crippen LogP contribution in [-0.2, 0) is 97.4 Å². The highest BCUT2D eigenvalue weighted by Crippen LogP contribution is 2.32. The van der Waals surface area contributed by atoms with Crippen molar-refractivity contribution in [2.75, 3.05) is 144 Å². The lowest BCUT2D eigenvalue weighted by molar-refractivity contribution is -0.375. The van der Waals surface area contributed by atoms with Crippen molar-refractivity contribution in [1.82, 2.24) is 30.0 Å². The van der Waals surface area contributed by atoms with E-state index in [-0.39, 0.29) is 52.7 Å². The molecule has 2 aromatic rings. The number of rotatable bonds is 44. The van der Waals surface area contributed by atoms with Crippen molar-refractivity contribution in [3.8, 4) is 0 Å². The molecule has 87 heavy (non-hydrogen) atoms. The number of thioether (sulfide) groups is 2. The molecule has 20 atom stereocenters. The first-order valence-electron chi connectivity index (χ1n) is 28.6. The number of ether oxygens (including phenoxy) is 15. The van der Waals surface area contributed by atoms with E-state index in [1.807, 2.05) is 0 Å². The maximum absolute atomic E-state index is 10.9. The van der Waals surface area contributed by atoms with E-state index in [0.717, 1.165) is 0 Å². The summed E-state index contributed by atoms with van der Waals surface area (Å²) in [5.74, 6) is 0.885. The summed E-state index contributed by atoms with van der Waals surface area (Å²) in [6, 6.07) is 0. The van der Waals surface area contributed by atoms with E-state index < -0.39 is 134 Å². The first-order chi connectivity index (χ1) is 42.1. The van der Waals surface area contributed by atoms with Crippen LogP contribution in [0, 0.1) is 0 Å². The smallest absolute Gasteiger partial charge is 0.189 e. The van der Waals surface area contributed by atoms with Crippen molar-refractivity contribution < 1.29 is 143 Å². The monoisotopic (exact) mass is 1300 g/mol. The number of aromatic nitrogens is 6. The van der Waals surface area contributed by atoms with E-state index in [1.54, 1.807) is 0 Å². The van der Waals surface area contributed by atoms with Crippen LogP contribution in [0.15, 0.2) is 12.4 Å². The van der Waals surface area contributed by atoms with Crippen molar-refractivity contribution in [1.29, 1.82) is 0 Å². The van der Waals surface area contributed by atoms with E-state index in [9.17, 15) is 71.5 Å². The summed E-state index contributed by atoms with van der Waals surface area (Å²) in [5.41, 5.74) is -0.728. The fourth-order valence-electron chi connectivity index (χ4n) is 8.85. The molecule has 0 unspecified atom stereocenters. The maximum Gasteiger partial charge on any atom is 0.189 e. The van der Waals surface area contributed by atoms with Crippen molar-refractivity contribution in [3.05, 3.63) is 23.8 Å². The van der Waals surface area contributed by atoms with Crippen molar-refractivity contribution in [2.45, 2.75) is 147 Å². The van der Waals surface area contributed by atoms with Gasteiger partial charge in [0.2, 0.25) is 0 Å². The average Bonchev–Trinajstić information content (AvgIpc) is 3.35. The fraction of sp³-hybridized carbons (Fsp3) is 0.920. The van der Waals surface area contributed by atoms with Crippen LogP contribution < -0.4 is 0 Å². The standard InChI is InChI=1S/C50H88N6O29S2/c57-25-33-37(61)41(65)45(69)49(83-33)86-19-17-77-11-9-73-3-1-71-5-7-75-13-15-79-27-29-22-55(54-52-29)23-31-35(59)39(63)43(67)47(81-31)85-48-44(68)40(64)36(60)32(82-48)24-56-30(21-51-53-56)28-80-16-14-76-8-6-72-2-4-74-10-12-78-18-20-87-50-46(70)42(66)38(62)34(26-58)84-50/h21-22,31-50,57-70H,1-20,23-28H2/t31-,32-,33-,34-,35-,36-,37+,38+,39+,40+,41+,42+,43-,44-,45-,46-,47-,48-,49+,50+/m1/s1. The van der Waals surface area contributed by atoms with Crippen LogP contribution in [0.3, 0.4) is 0 Å². The SMILES string of the molecule is OC[C@H]1O[C@@H](SCCOCCOCCOCCOCCOCc2cn(C[C@H]3O[C@H](O[C@H]4O[C@H](Cn5nncc5COCCOCCOCCOCCOCCS[C@@H]5O[C@H](CO)[C@H](O)[C@H](O)[C@H]5O)[C@@H](O)[C@H](O)[C@H]4O)[C@H](O)[C@@H](O)[C@@H]3O)nn2)[C@H](O)[C@@H](O)[C@H]1O. The molecule has 0 aromatic carbocycles.